The van der Waals surface area contributed by atoms with Gasteiger partial charge in [-0.05, 0) is 28.1 Å². The molecular formula is C7H3BrClFN2. The van der Waals surface area contributed by atoms with Crippen molar-refractivity contribution in [3.05, 3.63) is 27.7 Å². The Bertz CT molecular complexity index is 440. The summed E-state index contributed by atoms with van der Waals surface area (Å²) in [6.45, 7) is 0. The van der Waals surface area contributed by atoms with E-state index >= 15 is 0 Å². The zero-order chi connectivity index (χ0) is 8.72. The zero-order valence-corrected chi connectivity index (χ0v) is 8.08. The molecule has 1 heterocycles. The number of imidazole rings is 1. The standard InChI is InChI=1S/C7H3BrClFN2/c8-3-1-2-4-6(5(3)9)12-7(10)11-4/h1-2H,(H,11,12). The van der Waals surface area contributed by atoms with Gasteiger partial charge in [-0.2, -0.15) is 4.39 Å². The molecule has 0 aliphatic carbocycles. The second-order valence-corrected chi connectivity index (χ2v) is 3.52. The lowest BCUT2D eigenvalue weighted by Crippen LogP contribution is -1.73. The number of nitrogens with one attached hydrogen (secondary N) is 1. The van der Waals surface area contributed by atoms with Crippen molar-refractivity contribution in [2.24, 2.45) is 0 Å². The summed E-state index contributed by atoms with van der Waals surface area (Å²) in [4.78, 5) is 6.03. The van der Waals surface area contributed by atoms with Gasteiger partial charge in [-0.1, -0.05) is 11.6 Å². The molecule has 0 unspecified atom stereocenters. The minimum absolute atomic E-state index is 0.424. The summed E-state index contributed by atoms with van der Waals surface area (Å²) in [5, 5.41) is 0.424. The van der Waals surface area contributed by atoms with Crippen LogP contribution in [0.3, 0.4) is 0 Å². The first-order chi connectivity index (χ1) is 5.68. The summed E-state index contributed by atoms with van der Waals surface area (Å²) >= 11 is 9.06. The van der Waals surface area contributed by atoms with Gasteiger partial charge in [-0.25, -0.2) is 4.98 Å². The number of benzene rings is 1. The van der Waals surface area contributed by atoms with E-state index in [1.165, 1.54) is 0 Å². The van der Waals surface area contributed by atoms with Crippen molar-refractivity contribution in [3.63, 3.8) is 0 Å². The van der Waals surface area contributed by atoms with Crippen LogP contribution in [-0.2, 0) is 0 Å². The molecule has 2 nitrogen and oxygen atoms in total. The lowest BCUT2D eigenvalue weighted by molar-refractivity contribution is 0.556. The van der Waals surface area contributed by atoms with Gasteiger partial charge in [0.05, 0.1) is 10.5 Å². The molecule has 2 aromatic rings. The molecule has 0 fully saturated rings. The number of halogens is 3. The van der Waals surface area contributed by atoms with E-state index in [9.17, 15) is 4.39 Å². The molecule has 1 aromatic heterocycles. The van der Waals surface area contributed by atoms with E-state index in [-0.39, 0.29) is 0 Å². The molecule has 12 heavy (non-hydrogen) atoms. The Morgan fingerprint density at radius 1 is 1.50 bits per heavy atom. The maximum atomic E-state index is 12.6. The summed E-state index contributed by atoms with van der Waals surface area (Å²) in [5.74, 6) is 0. The third-order valence-electron chi connectivity index (χ3n) is 1.52. The molecular weight excluding hydrogens is 246 g/mol. The van der Waals surface area contributed by atoms with Gasteiger partial charge in [0.2, 0.25) is 0 Å². The fourth-order valence-corrected chi connectivity index (χ4v) is 1.51. The number of nitrogens with zero attached hydrogens (tertiary/aromatic N) is 1. The Kier molecular flexibility index (Phi) is 1.81. The molecule has 0 radical (unpaired) electrons. The van der Waals surface area contributed by atoms with Gasteiger partial charge < -0.3 is 4.98 Å². The first kappa shape index (κ1) is 8.01. The van der Waals surface area contributed by atoms with Crippen molar-refractivity contribution in [1.82, 2.24) is 9.97 Å². The minimum atomic E-state index is -0.620. The molecule has 0 atom stereocenters. The SMILES string of the molecule is Fc1nc2c(Cl)c(Br)ccc2[nH]1. The molecule has 0 aliphatic rings. The summed E-state index contributed by atoms with van der Waals surface area (Å²) in [6.07, 6.45) is -0.620. The first-order valence-electron chi connectivity index (χ1n) is 3.17. The highest BCUT2D eigenvalue weighted by Crippen LogP contribution is 2.29. The Hall–Kier alpha value is -0.610. The average Bonchev–Trinajstić information content (AvgIpc) is 2.39. The smallest absolute Gasteiger partial charge is 0.287 e. The molecule has 0 bridgehead atoms. The maximum absolute atomic E-state index is 12.6. The highest BCUT2D eigenvalue weighted by atomic mass is 79.9. The first-order valence-corrected chi connectivity index (χ1v) is 4.35. The highest BCUT2D eigenvalue weighted by Gasteiger charge is 2.07. The summed E-state index contributed by atoms with van der Waals surface area (Å²) in [5.41, 5.74) is 1.05. The van der Waals surface area contributed by atoms with Gasteiger partial charge >= 0.3 is 0 Å². The van der Waals surface area contributed by atoms with Crippen LogP contribution in [0.1, 0.15) is 0 Å². The fraction of sp³-hybridized carbons (Fsp3) is 0. The van der Waals surface area contributed by atoms with Crippen LogP contribution in [0, 0.1) is 6.08 Å². The molecule has 0 amide bonds. The monoisotopic (exact) mass is 248 g/mol. The molecule has 0 spiro atoms. The van der Waals surface area contributed by atoms with Crippen molar-refractivity contribution in [3.8, 4) is 0 Å². The van der Waals surface area contributed by atoms with Crippen molar-refractivity contribution in [1.29, 1.82) is 0 Å². The lowest BCUT2D eigenvalue weighted by atomic mass is 10.3. The van der Waals surface area contributed by atoms with E-state index in [1.54, 1.807) is 12.1 Å². The van der Waals surface area contributed by atoms with Gasteiger partial charge in [0.15, 0.2) is 0 Å². The molecule has 0 aliphatic heterocycles. The van der Waals surface area contributed by atoms with E-state index in [0.29, 0.717) is 20.5 Å². The topological polar surface area (TPSA) is 28.7 Å². The average molecular weight is 249 g/mol. The third kappa shape index (κ3) is 1.11. The van der Waals surface area contributed by atoms with Crippen LogP contribution in [-0.4, -0.2) is 9.97 Å². The minimum Gasteiger partial charge on any atom is -0.314 e. The Labute approximate surface area is 80.9 Å². The van der Waals surface area contributed by atoms with Crippen LogP contribution in [0.2, 0.25) is 5.02 Å². The molecule has 5 heteroatoms. The van der Waals surface area contributed by atoms with Crippen LogP contribution in [0.5, 0.6) is 0 Å². The third-order valence-corrected chi connectivity index (χ3v) is 2.79. The largest absolute Gasteiger partial charge is 0.314 e. The van der Waals surface area contributed by atoms with Gasteiger partial charge in [-0.3, -0.25) is 0 Å². The van der Waals surface area contributed by atoms with Crippen LogP contribution in [0.4, 0.5) is 4.39 Å². The quantitative estimate of drug-likeness (QED) is 0.763. The van der Waals surface area contributed by atoms with Crippen molar-refractivity contribution >= 4 is 38.6 Å². The molecule has 1 aromatic carbocycles. The maximum Gasteiger partial charge on any atom is 0.287 e. The van der Waals surface area contributed by atoms with Crippen molar-refractivity contribution < 1.29 is 4.39 Å². The molecule has 0 saturated heterocycles. The summed E-state index contributed by atoms with van der Waals surface area (Å²) in [7, 11) is 0. The van der Waals surface area contributed by atoms with Gasteiger partial charge in [-0.15, -0.1) is 0 Å². The van der Waals surface area contributed by atoms with E-state index < -0.39 is 6.08 Å². The zero-order valence-electron chi connectivity index (χ0n) is 5.74. The molecule has 62 valence electrons. The second-order valence-electron chi connectivity index (χ2n) is 2.29. The van der Waals surface area contributed by atoms with Crippen molar-refractivity contribution in [2.45, 2.75) is 0 Å². The predicted molar refractivity (Wildman–Crippen MR) is 48.8 cm³/mol. The fourth-order valence-electron chi connectivity index (χ4n) is 0.987. The van der Waals surface area contributed by atoms with Crippen LogP contribution in [0.25, 0.3) is 11.0 Å². The number of aromatic amines is 1. The second kappa shape index (κ2) is 2.71. The highest BCUT2D eigenvalue weighted by molar-refractivity contribution is 9.10. The van der Waals surface area contributed by atoms with E-state index in [1.807, 2.05) is 0 Å². The van der Waals surface area contributed by atoms with E-state index in [2.05, 4.69) is 25.9 Å². The number of rotatable bonds is 0. The Morgan fingerprint density at radius 2 is 2.25 bits per heavy atom. The van der Waals surface area contributed by atoms with Crippen LogP contribution in [0.15, 0.2) is 16.6 Å². The van der Waals surface area contributed by atoms with E-state index in [4.69, 9.17) is 11.6 Å². The number of hydrogen-bond donors (Lipinski definition) is 1. The van der Waals surface area contributed by atoms with Gasteiger partial charge in [0, 0.05) is 4.47 Å². The van der Waals surface area contributed by atoms with Crippen molar-refractivity contribution in [2.75, 3.05) is 0 Å². The van der Waals surface area contributed by atoms with Gasteiger partial charge in [0.1, 0.15) is 5.52 Å². The molecule has 0 saturated carbocycles. The van der Waals surface area contributed by atoms with Gasteiger partial charge in [0.25, 0.3) is 6.08 Å². The van der Waals surface area contributed by atoms with E-state index in [0.717, 1.165) is 0 Å². The number of aromatic nitrogens is 2. The Balaban J connectivity index is 2.89. The number of hydrogen-bond acceptors (Lipinski definition) is 1. The van der Waals surface area contributed by atoms with Crippen LogP contribution >= 0.6 is 27.5 Å². The summed E-state index contributed by atoms with van der Waals surface area (Å²) < 4.78 is 13.3. The molecule has 2 rings (SSSR count). The number of H-pyrrole nitrogens is 1. The lowest BCUT2D eigenvalue weighted by Gasteiger charge is -1.93. The Morgan fingerprint density at radius 3 is 3.00 bits per heavy atom. The molecule has 1 N–H and O–H groups in total. The normalized spacial score (nSPS) is 10.9. The van der Waals surface area contributed by atoms with Crippen LogP contribution < -0.4 is 0 Å². The number of fused-ring (bicyclic) bond motifs is 1. The predicted octanol–water partition coefficient (Wildman–Crippen LogP) is 3.12. The summed E-state index contributed by atoms with van der Waals surface area (Å²) in [6, 6.07) is 3.45.